The summed E-state index contributed by atoms with van der Waals surface area (Å²) in [6.07, 6.45) is 4.88. The van der Waals surface area contributed by atoms with Crippen molar-refractivity contribution in [2.24, 2.45) is 11.8 Å². The summed E-state index contributed by atoms with van der Waals surface area (Å²) in [5.41, 5.74) is 1.38. The van der Waals surface area contributed by atoms with Gasteiger partial charge in [-0.1, -0.05) is 30.3 Å². The molecule has 0 saturated carbocycles. The van der Waals surface area contributed by atoms with Gasteiger partial charge in [-0.2, -0.15) is 0 Å². The maximum absolute atomic E-state index is 12.4. The van der Waals surface area contributed by atoms with Crippen molar-refractivity contribution in [3.8, 4) is 0 Å². The number of rotatable bonds is 5. The van der Waals surface area contributed by atoms with Crippen molar-refractivity contribution in [1.29, 1.82) is 0 Å². The molecule has 2 N–H and O–H groups in total. The van der Waals surface area contributed by atoms with Crippen LogP contribution in [0.5, 0.6) is 0 Å². The fourth-order valence-corrected chi connectivity index (χ4v) is 4.12. The summed E-state index contributed by atoms with van der Waals surface area (Å²) in [7, 11) is 0. The molecule has 2 saturated heterocycles. The lowest BCUT2D eigenvalue weighted by Crippen LogP contribution is -2.47. The van der Waals surface area contributed by atoms with E-state index in [1.807, 2.05) is 11.0 Å². The summed E-state index contributed by atoms with van der Waals surface area (Å²) < 4.78 is 0. The van der Waals surface area contributed by atoms with E-state index in [-0.39, 0.29) is 36.7 Å². The van der Waals surface area contributed by atoms with Gasteiger partial charge in [-0.05, 0) is 57.1 Å². The summed E-state index contributed by atoms with van der Waals surface area (Å²) in [4.78, 5) is 26.6. The smallest absolute Gasteiger partial charge is 0.241 e. The van der Waals surface area contributed by atoms with E-state index in [1.165, 1.54) is 5.56 Å². The van der Waals surface area contributed by atoms with Crippen LogP contribution in [0.4, 0.5) is 0 Å². The molecule has 5 nitrogen and oxygen atoms in total. The zero-order valence-corrected chi connectivity index (χ0v) is 17.0. The molecule has 2 aliphatic heterocycles. The van der Waals surface area contributed by atoms with E-state index < -0.39 is 0 Å². The molecule has 1 aromatic carbocycles. The first-order chi connectivity index (χ1) is 12.6. The minimum absolute atomic E-state index is 0. The second kappa shape index (κ2) is 10.7. The van der Waals surface area contributed by atoms with Crippen LogP contribution in [0.15, 0.2) is 30.3 Å². The first kappa shape index (κ1) is 21.7. The Kier molecular flexibility index (Phi) is 8.58. The molecule has 6 heteroatoms. The lowest BCUT2D eigenvalue weighted by atomic mass is 9.90. The minimum Gasteiger partial charge on any atom is -0.347 e. The van der Waals surface area contributed by atoms with E-state index in [4.69, 9.17) is 0 Å². The van der Waals surface area contributed by atoms with Crippen molar-refractivity contribution in [1.82, 2.24) is 15.5 Å². The molecule has 0 aliphatic carbocycles. The summed E-state index contributed by atoms with van der Waals surface area (Å²) >= 11 is 0. The summed E-state index contributed by atoms with van der Waals surface area (Å²) in [6.45, 7) is 4.72. The van der Waals surface area contributed by atoms with E-state index >= 15 is 0 Å². The highest BCUT2D eigenvalue weighted by atomic mass is 35.5. The van der Waals surface area contributed by atoms with Gasteiger partial charge < -0.3 is 15.5 Å². The third-order valence-corrected chi connectivity index (χ3v) is 5.74. The lowest BCUT2D eigenvalue weighted by molar-refractivity contribution is -0.135. The van der Waals surface area contributed by atoms with Crippen LogP contribution < -0.4 is 10.6 Å². The summed E-state index contributed by atoms with van der Waals surface area (Å²) in [5, 5.41) is 6.21. The van der Waals surface area contributed by atoms with Gasteiger partial charge in [0.15, 0.2) is 0 Å². The number of hydrogen-bond donors (Lipinski definition) is 2. The van der Waals surface area contributed by atoms with Crippen molar-refractivity contribution in [3.05, 3.63) is 35.9 Å². The first-order valence-corrected chi connectivity index (χ1v) is 9.94. The Morgan fingerprint density at radius 2 is 1.85 bits per heavy atom. The Bertz CT molecular complexity index is 603. The molecule has 0 unspecified atom stereocenters. The normalized spacial score (nSPS) is 23.4. The number of piperidine rings is 2. The molecule has 0 bridgehead atoms. The van der Waals surface area contributed by atoms with Crippen LogP contribution in [0.25, 0.3) is 0 Å². The van der Waals surface area contributed by atoms with Crippen LogP contribution in [0.3, 0.4) is 0 Å². The van der Waals surface area contributed by atoms with Crippen LogP contribution >= 0.6 is 12.4 Å². The Morgan fingerprint density at radius 1 is 1.15 bits per heavy atom. The van der Waals surface area contributed by atoms with Crippen molar-refractivity contribution in [2.75, 3.05) is 26.2 Å². The Hall–Kier alpha value is -1.59. The monoisotopic (exact) mass is 393 g/mol. The highest BCUT2D eigenvalue weighted by molar-refractivity contribution is 5.86. The van der Waals surface area contributed by atoms with Crippen molar-refractivity contribution in [2.45, 2.75) is 45.1 Å². The van der Waals surface area contributed by atoms with Crippen LogP contribution in [0.2, 0.25) is 0 Å². The van der Waals surface area contributed by atoms with E-state index in [0.29, 0.717) is 12.0 Å². The van der Waals surface area contributed by atoms with Gasteiger partial charge in [-0.25, -0.2) is 0 Å². The SMILES string of the molecule is C[C@H]1C[C@@H](C(=O)NCC(=O)N2CCC(Cc3ccccc3)CC2)CCN1.Cl. The average molecular weight is 394 g/mol. The number of benzene rings is 1. The third-order valence-electron chi connectivity index (χ3n) is 5.74. The molecule has 0 spiro atoms. The largest absolute Gasteiger partial charge is 0.347 e. The number of likely N-dealkylation sites (tertiary alicyclic amines) is 1. The van der Waals surface area contributed by atoms with E-state index in [2.05, 4.69) is 41.8 Å². The van der Waals surface area contributed by atoms with Gasteiger partial charge in [-0.15, -0.1) is 12.4 Å². The van der Waals surface area contributed by atoms with E-state index in [1.54, 1.807) is 0 Å². The molecular formula is C21H32ClN3O2. The quantitative estimate of drug-likeness (QED) is 0.807. The molecule has 2 aliphatic rings. The Balaban J connectivity index is 0.00000261. The topological polar surface area (TPSA) is 61.4 Å². The number of carbonyl (C=O) groups is 2. The zero-order chi connectivity index (χ0) is 18.4. The summed E-state index contributed by atoms with van der Waals surface area (Å²) in [6, 6.07) is 10.9. The van der Waals surface area contributed by atoms with Gasteiger partial charge in [-0.3, -0.25) is 9.59 Å². The standard InChI is InChI=1S/C21H31N3O2.ClH/c1-16-13-19(7-10-22-16)21(26)23-15-20(25)24-11-8-18(9-12-24)14-17-5-3-2-4-6-17;/h2-6,16,18-19,22H,7-15H2,1H3,(H,23,26);1H/t16-,19-;/m0./s1. The highest BCUT2D eigenvalue weighted by Crippen LogP contribution is 2.21. The van der Waals surface area contributed by atoms with E-state index in [9.17, 15) is 9.59 Å². The number of halogens is 1. The summed E-state index contributed by atoms with van der Waals surface area (Å²) in [5.74, 6) is 0.770. The predicted molar refractivity (Wildman–Crippen MR) is 110 cm³/mol. The fourth-order valence-electron chi connectivity index (χ4n) is 4.12. The molecule has 3 rings (SSSR count). The lowest BCUT2D eigenvalue weighted by Gasteiger charge is -2.32. The third kappa shape index (κ3) is 6.51. The van der Waals surface area contributed by atoms with E-state index in [0.717, 1.165) is 51.7 Å². The van der Waals surface area contributed by atoms with Crippen LogP contribution in [-0.2, 0) is 16.0 Å². The molecule has 0 aromatic heterocycles. The van der Waals surface area contributed by atoms with Gasteiger partial charge in [0.2, 0.25) is 11.8 Å². The molecule has 2 fully saturated rings. The predicted octanol–water partition coefficient (Wildman–Crippen LogP) is 2.39. The maximum atomic E-state index is 12.4. The number of hydrogen-bond acceptors (Lipinski definition) is 3. The number of nitrogens with zero attached hydrogens (tertiary/aromatic N) is 1. The Morgan fingerprint density at radius 3 is 2.52 bits per heavy atom. The van der Waals surface area contributed by atoms with Gasteiger partial charge in [0.1, 0.15) is 0 Å². The highest BCUT2D eigenvalue weighted by Gasteiger charge is 2.26. The minimum atomic E-state index is 0. The fraction of sp³-hybridized carbons (Fsp3) is 0.619. The van der Waals surface area contributed by atoms with Crippen molar-refractivity contribution in [3.63, 3.8) is 0 Å². The van der Waals surface area contributed by atoms with Gasteiger partial charge >= 0.3 is 0 Å². The molecule has 1 aromatic rings. The molecule has 27 heavy (non-hydrogen) atoms. The molecule has 150 valence electrons. The average Bonchev–Trinajstić information content (AvgIpc) is 2.67. The maximum Gasteiger partial charge on any atom is 0.241 e. The van der Waals surface area contributed by atoms with Gasteiger partial charge in [0.25, 0.3) is 0 Å². The van der Waals surface area contributed by atoms with Crippen molar-refractivity contribution < 1.29 is 9.59 Å². The van der Waals surface area contributed by atoms with Gasteiger partial charge in [0.05, 0.1) is 6.54 Å². The molecule has 2 atom stereocenters. The Labute approximate surface area is 168 Å². The zero-order valence-electron chi connectivity index (χ0n) is 16.2. The van der Waals surface area contributed by atoms with Gasteiger partial charge in [0, 0.05) is 25.0 Å². The van der Waals surface area contributed by atoms with Crippen LogP contribution in [0, 0.1) is 11.8 Å². The molecule has 0 radical (unpaired) electrons. The second-order valence-electron chi connectivity index (χ2n) is 7.81. The van der Waals surface area contributed by atoms with Crippen LogP contribution in [-0.4, -0.2) is 48.9 Å². The van der Waals surface area contributed by atoms with Crippen LogP contribution in [0.1, 0.15) is 38.2 Å². The second-order valence-corrected chi connectivity index (χ2v) is 7.81. The molecular weight excluding hydrogens is 362 g/mol. The number of amides is 2. The number of carbonyl (C=O) groups excluding carboxylic acids is 2. The first-order valence-electron chi connectivity index (χ1n) is 9.94. The molecule has 2 amide bonds. The molecule has 2 heterocycles. The number of nitrogens with one attached hydrogen (secondary N) is 2. The van der Waals surface area contributed by atoms with Crippen molar-refractivity contribution >= 4 is 24.2 Å².